The number of rotatable bonds is 3. The van der Waals surface area contributed by atoms with Crippen molar-refractivity contribution in [2.75, 3.05) is 18.1 Å². The van der Waals surface area contributed by atoms with Gasteiger partial charge in [-0.3, -0.25) is 15.1 Å². The smallest absolute Gasteiger partial charge is 0.293 e. The van der Waals surface area contributed by atoms with Crippen molar-refractivity contribution in [2.24, 2.45) is 5.84 Å². The largest absolute Gasteiger partial charge is 0.294 e. The molecule has 1 amide bonds. The Hall–Kier alpha value is -0.630. The summed E-state index contributed by atoms with van der Waals surface area (Å²) < 4.78 is 0. The molecule has 1 saturated heterocycles. The lowest BCUT2D eigenvalue weighted by molar-refractivity contribution is 0.0953. The maximum absolute atomic E-state index is 11.3. The van der Waals surface area contributed by atoms with Crippen molar-refractivity contribution < 1.29 is 4.79 Å². The molecule has 7 heteroatoms. The molecule has 1 aliphatic heterocycles. The van der Waals surface area contributed by atoms with Crippen LogP contribution in [0.4, 0.5) is 0 Å². The van der Waals surface area contributed by atoms with Crippen LogP contribution in [0.3, 0.4) is 0 Å². The number of carbonyl (C=O) groups excluding carboxylic acids is 1. The average Bonchev–Trinajstić information content (AvgIpc) is 2.80. The summed E-state index contributed by atoms with van der Waals surface area (Å²) in [6, 6.07) is 0.572. The van der Waals surface area contributed by atoms with Gasteiger partial charge in [-0.1, -0.05) is 0 Å². The van der Waals surface area contributed by atoms with Crippen molar-refractivity contribution in [1.29, 1.82) is 0 Å². The molecule has 1 aromatic rings. The molecule has 5 nitrogen and oxygen atoms in total. The van der Waals surface area contributed by atoms with Crippen molar-refractivity contribution in [3.05, 3.63) is 16.1 Å². The zero-order valence-electron chi connectivity index (χ0n) is 9.68. The van der Waals surface area contributed by atoms with Gasteiger partial charge in [0.2, 0.25) is 0 Å². The second-order valence-electron chi connectivity index (χ2n) is 4.01. The van der Waals surface area contributed by atoms with Gasteiger partial charge in [-0.15, -0.1) is 11.3 Å². The summed E-state index contributed by atoms with van der Waals surface area (Å²) in [5.74, 6) is 7.10. The first-order valence-corrected chi connectivity index (χ1v) is 7.51. The van der Waals surface area contributed by atoms with Crippen LogP contribution in [0, 0.1) is 0 Å². The maximum atomic E-state index is 11.3. The topological polar surface area (TPSA) is 71.2 Å². The van der Waals surface area contributed by atoms with E-state index in [1.165, 1.54) is 22.8 Å². The van der Waals surface area contributed by atoms with E-state index in [1.807, 2.05) is 17.1 Å². The van der Waals surface area contributed by atoms with Crippen molar-refractivity contribution in [3.63, 3.8) is 0 Å². The minimum atomic E-state index is -0.316. The second kappa shape index (κ2) is 5.81. The number of nitrogens with one attached hydrogen (secondary N) is 1. The molecule has 0 bridgehead atoms. The van der Waals surface area contributed by atoms with Gasteiger partial charge in [0.05, 0.1) is 5.69 Å². The third-order valence-electron chi connectivity index (χ3n) is 2.75. The molecule has 0 spiro atoms. The summed E-state index contributed by atoms with van der Waals surface area (Å²) in [6.07, 6.45) is 0. The summed E-state index contributed by atoms with van der Waals surface area (Å²) in [4.78, 5) is 18.0. The lowest BCUT2D eigenvalue weighted by Gasteiger charge is -2.32. The molecule has 94 valence electrons. The maximum Gasteiger partial charge on any atom is 0.294 e. The fraction of sp³-hybridized carbons (Fsp3) is 0.600. The quantitative estimate of drug-likeness (QED) is 0.481. The lowest BCUT2D eigenvalue weighted by Crippen LogP contribution is -2.39. The molecule has 1 atom stereocenters. The number of hydrazine groups is 1. The number of hydrogen-bond donors (Lipinski definition) is 2. The Morgan fingerprint density at radius 1 is 1.76 bits per heavy atom. The molecule has 2 rings (SSSR count). The van der Waals surface area contributed by atoms with Gasteiger partial charge in [-0.25, -0.2) is 10.8 Å². The van der Waals surface area contributed by atoms with Crippen LogP contribution in [-0.2, 0) is 6.54 Å². The van der Waals surface area contributed by atoms with Crippen molar-refractivity contribution in [1.82, 2.24) is 15.3 Å². The van der Waals surface area contributed by atoms with Gasteiger partial charge in [0, 0.05) is 36.0 Å². The van der Waals surface area contributed by atoms with Crippen LogP contribution in [0.2, 0.25) is 0 Å². The summed E-state index contributed by atoms with van der Waals surface area (Å²) >= 11 is 3.33. The predicted octanol–water partition coefficient (Wildman–Crippen LogP) is 0.684. The fourth-order valence-corrected chi connectivity index (χ4v) is 3.54. The van der Waals surface area contributed by atoms with Gasteiger partial charge in [-0.2, -0.15) is 11.8 Å². The van der Waals surface area contributed by atoms with Crippen molar-refractivity contribution in [2.45, 2.75) is 19.5 Å². The highest BCUT2D eigenvalue weighted by Gasteiger charge is 2.20. The molecule has 0 saturated carbocycles. The molecule has 0 radical (unpaired) electrons. The van der Waals surface area contributed by atoms with Crippen LogP contribution in [0.15, 0.2) is 5.38 Å². The van der Waals surface area contributed by atoms with Crippen molar-refractivity contribution >= 4 is 29.0 Å². The standard InChI is InChI=1S/C10H16N4OS2/c1-7-5-16-3-2-14(7)4-8-6-17-10(12-8)9(15)13-11/h6-7H,2-5,11H2,1H3,(H,13,15). The van der Waals surface area contributed by atoms with E-state index >= 15 is 0 Å². The summed E-state index contributed by atoms with van der Waals surface area (Å²) in [5, 5.41) is 2.36. The van der Waals surface area contributed by atoms with Gasteiger partial charge >= 0.3 is 0 Å². The summed E-state index contributed by atoms with van der Waals surface area (Å²) in [6.45, 7) is 4.13. The molecule has 1 fully saturated rings. The highest BCUT2D eigenvalue weighted by Crippen LogP contribution is 2.19. The Labute approximate surface area is 109 Å². The molecule has 17 heavy (non-hydrogen) atoms. The third kappa shape index (κ3) is 3.19. The molecular formula is C10H16N4OS2. The fourth-order valence-electron chi connectivity index (χ4n) is 1.75. The highest BCUT2D eigenvalue weighted by atomic mass is 32.2. The average molecular weight is 272 g/mol. The Kier molecular flexibility index (Phi) is 4.38. The summed E-state index contributed by atoms with van der Waals surface area (Å²) in [5.41, 5.74) is 3.05. The van der Waals surface area contributed by atoms with Crippen LogP contribution in [0.5, 0.6) is 0 Å². The van der Waals surface area contributed by atoms with E-state index in [1.54, 1.807) is 0 Å². The SMILES string of the molecule is CC1CSCCN1Cc1csc(C(=O)NN)n1. The third-order valence-corrected chi connectivity index (χ3v) is 4.83. The first-order valence-electron chi connectivity index (χ1n) is 5.48. The van der Waals surface area contributed by atoms with E-state index < -0.39 is 0 Å². The number of thiazole rings is 1. The molecule has 2 heterocycles. The number of nitrogens with two attached hydrogens (primary N) is 1. The Morgan fingerprint density at radius 3 is 3.29 bits per heavy atom. The van der Waals surface area contributed by atoms with E-state index in [2.05, 4.69) is 22.2 Å². The first kappa shape index (κ1) is 12.8. The number of carbonyl (C=O) groups is 1. The molecule has 1 unspecified atom stereocenters. The monoisotopic (exact) mass is 272 g/mol. The zero-order valence-corrected chi connectivity index (χ0v) is 11.3. The molecule has 0 aromatic carbocycles. The Morgan fingerprint density at radius 2 is 2.59 bits per heavy atom. The lowest BCUT2D eigenvalue weighted by atomic mass is 10.3. The van der Waals surface area contributed by atoms with Crippen LogP contribution in [-0.4, -0.2) is 39.9 Å². The number of aromatic nitrogens is 1. The van der Waals surface area contributed by atoms with Crippen LogP contribution in [0.1, 0.15) is 22.4 Å². The minimum Gasteiger partial charge on any atom is -0.293 e. The van der Waals surface area contributed by atoms with Gasteiger partial charge < -0.3 is 0 Å². The van der Waals surface area contributed by atoms with Gasteiger partial charge in [0.1, 0.15) is 0 Å². The summed E-state index contributed by atoms with van der Waals surface area (Å²) in [7, 11) is 0. The number of thioether (sulfide) groups is 1. The van der Waals surface area contributed by atoms with Crippen molar-refractivity contribution in [3.8, 4) is 0 Å². The van der Waals surface area contributed by atoms with Gasteiger partial charge in [-0.05, 0) is 6.92 Å². The van der Waals surface area contributed by atoms with Crippen LogP contribution < -0.4 is 11.3 Å². The van der Waals surface area contributed by atoms with Gasteiger partial charge in [0.15, 0.2) is 5.01 Å². The highest BCUT2D eigenvalue weighted by molar-refractivity contribution is 7.99. The van der Waals surface area contributed by atoms with E-state index in [-0.39, 0.29) is 5.91 Å². The van der Waals surface area contributed by atoms with E-state index in [0.29, 0.717) is 11.0 Å². The normalized spacial score (nSPS) is 21.4. The molecule has 1 aromatic heterocycles. The molecular weight excluding hydrogens is 256 g/mol. The number of hydrogen-bond acceptors (Lipinski definition) is 6. The zero-order chi connectivity index (χ0) is 12.3. The Balaban J connectivity index is 1.98. The van der Waals surface area contributed by atoms with Crippen LogP contribution in [0.25, 0.3) is 0 Å². The number of amides is 1. The van der Waals surface area contributed by atoms with Crippen LogP contribution >= 0.6 is 23.1 Å². The Bertz CT molecular complexity index is 395. The number of nitrogens with zero attached hydrogens (tertiary/aromatic N) is 2. The molecule has 0 aliphatic carbocycles. The first-order chi connectivity index (χ1) is 8.20. The number of nitrogen functional groups attached to an aromatic ring is 1. The predicted molar refractivity (Wildman–Crippen MR) is 71.0 cm³/mol. The van der Waals surface area contributed by atoms with E-state index in [9.17, 15) is 4.79 Å². The minimum absolute atomic E-state index is 0.316. The van der Waals surface area contributed by atoms with E-state index in [4.69, 9.17) is 5.84 Å². The second-order valence-corrected chi connectivity index (χ2v) is 6.02. The van der Waals surface area contributed by atoms with E-state index in [0.717, 1.165) is 18.8 Å². The molecule has 3 N–H and O–H groups in total. The van der Waals surface area contributed by atoms with Gasteiger partial charge in [0.25, 0.3) is 5.91 Å². The molecule has 1 aliphatic rings.